The zero-order valence-electron chi connectivity index (χ0n) is 16.4. The fraction of sp³-hybridized carbons (Fsp3) is 0.333. The van der Waals surface area contributed by atoms with Crippen LogP contribution in [-0.4, -0.2) is 56.8 Å². The number of benzene rings is 2. The monoisotopic (exact) mass is 392 g/mol. The van der Waals surface area contributed by atoms with Gasteiger partial charge in [-0.1, -0.05) is 36.4 Å². The summed E-state index contributed by atoms with van der Waals surface area (Å²) in [7, 11) is 0. The van der Waals surface area contributed by atoms with Crippen molar-refractivity contribution in [1.29, 1.82) is 0 Å². The van der Waals surface area contributed by atoms with Gasteiger partial charge in [0.15, 0.2) is 0 Å². The first-order valence-electron chi connectivity index (χ1n) is 9.71. The summed E-state index contributed by atoms with van der Waals surface area (Å²) in [5, 5.41) is 14.2. The van der Waals surface area contributed by atoms with E-state index in [1.165, 1.54) is 16.6 Å². The van der Waals surface area contributed by atoms with E-state index < -0.39 is 0 Å². The lowest BCUT2D eigenvalue weighted by Gasteiger charge is -2.31. The van der Waals surface area contributed by atoms with Gasteiger partial charge in [0.1, 0.15) is 6.33 Å². The maximum absolute atomic E-state index is 12.8. The van der Waals surface area contributed by atoms with Gasteiger partial charge in [0.05, 0.1) is 24.0 Å². The fourth-order valence-electron chi connectivity index (χ4n) is 3.55. The number of hydrogen-bond donors (Lipinski definition) is 1. The summed E-state index contributed by atoms with van der Waals surface area (Å²) < 4.78 is 7.09. The van der Waals surface area contributed by atoms with Gasteiger partial charge in [-0.3, -0.25) is 9.69 Å². The number of para-hydroxylation sites is 1. The van der Waals surface area contributed by atoms with Gasteiger partial charge in [0.25, 0.3) is 5.91 Å². The second-order valence-corrected chi connectivity index (χ2v) is 7.19. The molecule has 4 rings (SSSR count). The van der Waals surface area contributed by atoms with E-state index in [2.05, 4.69) is 44.8 Å². The lowest BCUT2D eigenvalue weighted by atomic mass is 10.1. The summed E-state index contributed by atoms with van der Waals surface area (Å²) in [4.78, 5) is 15.2. The molecule has 1 atom stereocenters. The first-order chi connectivity index (χ1) is 14.2. The van der Waals surface area contributed by atoms with Gasteiger partial charge < -0.3 is 10.1 Å². The quantitative estimate of drug-likeness (QED) is 0.689. The number of morpholine rings is 1. The summed E-state index contributed by atoms with van der Waals surface area (Å²) in [5.41, 5.74) is 3.47. The average molecular weight is 392 g/mol. The van der Waals surface area contributed by atoms with Crippen LogP contribution in [-0.2, 0) is 17.8 Å². The number of rotatable bonds is 6. The molecule has 1 aliphatic heterocycles. The van der Waals surface area contributed by atoms with Crippen LogP contribution in [0.15, 0.2) is 54.9 Å². The van der Waals surface area contributed by atoms with Crippen LogP contribution in [0.3, 0.4) is 0 Å². The molecule has 1 N–H and O–H groups in total. The molecule has 150 valence electrons. The van der Waals surface area contributed by atoms with E-state index in [0.717, 1.165) is 31.8 Å². The predicted molar refractivity (Wildman–Crippen MR) is 107 cm³/mol. The molecule has 1 aromatic heterocycles. The van der Waals surface area contributed by atoms with Crippen molar-refractivity contribution in [2.45, 2.75) is 26.1 Å². The van der Waals surface area contributed by atoms with Gasteiger partial charge in [-0.25, -0.2) is 0 Å². The van der Waals surface area contributed by atoms with Gasteiger partial charge in [-0.15, -0.1) is 5.10 Å². The van der Waals surface area contributed by atoms with Crippen molar-refractivity contribution in [2.24, 2.45) is 0 Å². The van der Waals surface area contributed by atoms with Crippen LogP contribution in [0.25, 0.3) is 5.69 Å². The van der Waals surface area contributed by atoms with Crippen molar-refractivity contribution >= 4 is 5.91 Å². The Balaban J connectivity index is 1.40. The second-order valence-electron chi connectivity index (χ2n) is 7.19. The van der Waals surface area contributed by atoms with E-state index in [9.17, 15) is 4.79 Å². The maximum atomic E-state index is 12.8. The maximum Gasteiger partial charge on any atom is 0.253 e. The summed E-state index contributed by atoms with van der Waals surface area (Å²) in [6.07, 6.45) is 1.74. The summed E-state index contributed by atoms with van der Waals surface area (Å²) in [6.45, 7) is 6.10. The SMILES string of the molecule is CC1CN(Cc2cccc(CNC(=O)c3ccccc3-n3cnnn3)c2)CCO1. The third kappa shape index (κ3) is 4.85. The topological polar surface area (TPSA) is 85.2 Å². The molecule has 2 aromatic carbocycles. The molecule has 0 bridgehead atoms. The molecule has 0 saturated carbocycles. The zero-order valence-corrected chi connectivity index (χ0v) is 16.4. The Morgan fingerprint density at radius 1 is 1.21 bits per heavy atom. The van der Waals surface area contributed by atoms with E-state index in [1.54, 1.807) is 6.07 Å². The molecule has 29 heavy (non-hydrogen) atoms. The molecule has 0 spiro atoms. The van der Waals surface area contributed by atoms with E-state index in [4.69, 9.17) is 4.74 Å². The van der Waals surface area contributed by atoms with Gasteiger partial charge in [0.2, 0.25) is 0 Å². The molecule has 1 fully saturated rings. The van der Waals surface area contributed by atoms with Crippen molar-refractivity contribution in [3.8, 4) is 5.69 Å². The van der Waals surface area contributed by atoms with Crippen LogP contribution in [0, 0.1) is 0 Å². The number of tetrazole rings is 1. The number of carbonyl (C=O) groups excluding carboxylic acids is 1. The van der Waals surface area contributed by atoms with Gasteiger partial charge in [-0.05, 0) is 40.6 Å². The van der Waals surface area contributed by atoms with Crippen LogP contribution in [0.4, 0.5) is 0 Å². The highest BCUT2D eigenvalue weighted by Crippen LogP contribution is 2.14. The Morgan fingerprint density at radius 2 is 2.07 bits per heavy atom. The number of nitrogens with zero attached hydrogens (tertiary/aromatic N) is 5. The molecule has 1 unspecified atom stereocenters. The van der Waals surface area contributed by atoms with Gasteiger partial charge in [0, 0.05) is 26.2 Å². The lowest BCUT2D eigenvalue weighted by Crippen LogP contribution is -2.40. The average Bonchev–Trinajstić information content (AvgIpc) is 3.27. The van der Waals surface area contributed by atoms with Crippen LogP contribution in [0.2, 0.25) is 0 Å². The van der Waals surface area contributed by atoms with Crippen molar-refractivity contribution in [2.75, 3.05) is 19.7 Å². The van der Waals surface area contributed by atoms with Crippen molar-refractivity contribution in [3.05, 3.63) is 71.5 Å². The van der Waals surface area contributed by atoms with E-state index in [0.29, 0.717) is 17.8 Å². The van der Waals surface area contributed by atoms with Crippen LogP contribution < -0.4 is 5.32 Å². The molecular weight excluding hydrogens is 368 g/mol. The van der Waals surface area contributed by atoms with Crippen molar-refractivity contribution < 1.29 is 9.53 Å². The van der Waals surface area contributed by atoms with E-state index in [-0.39, 0.29) is 12.0 Å². The minimum absolute atomic E-state index is 0.163. The first kappa shape index (κ1) is 19.2. The molecule has 3 aromatic rings. The molecule has 2 heterocycles. The summed E-state index contributed by atoms with van der Waals surface area (Å²) in [5.74, 6) is -0.163. The molecule has 0 radical (unpaired) electrons. The standard InChI is InChI=1S/C21H24N6O2/c1-16-13-26(9-10-29-16)14-18-6-4-5-17(11-18)12-22-21(28)19-7-2-3-8-20(19)27-15-23-24-25-27/h2-8,11,15-16H,9-10,12-14H2,1H3,(H,22,28). The third-order valence-corrected chi connectivity index (χ3v) is 4.92. The number of carbonyl (C=O) groups is 1. The Labute approximate surface area is 169 Å². The normalized spacial score (nSPS) is 17.2. The Morgan fingerprint density at radius 3 is 2.90 bits per heavy atom. The molecule has 1 saturated heterocycles. The van der Waals surface area contributed by atoms with E-state index >= 15 is 0 Å². The summed E-state index contributed by atoms with van der Waals surface area (Å²) >= 11 is 0. The second kappa shape index (κ2) is 8.93. The number of aromatic nitrogens is 4. The zero-order chi connectivity index (χ0) is 20.1. The molecule has 1 aliphatic rings. The number of nitrogens with one attached hydrogen (secondary N) is 1. The molecule has 0 aliphatic carbocycles. The Bertz CT molecular complexity index is 959. The molecule has 1 amide bonds. The Kier molecular flexibility index (Phi) is 5.92. The van der Waals surface area contributed by atoms with Gasteiger partial charge >= 0.3 is 0 Å². The highest BCUT2D eigenvalue weighted by atomic mass is 16.5. The van der Waals surface area contributed by atoms with Gasteiger partial charge in [-0.2, -0.15) is 4.68 Å². The summed E-state index contributed by atoms with van der Waals surface area (Å²) in [6, 6.07) is 15.6. The van der Waals surface area contributed by atoms with E-state index in [1.807, 2.05) is 30.3 Å². The highest BCUT2D eigenvalue weighted by Gasteiger charge is 2.17. The fourth-order valence-corrected chi connectivity index (χ4v) is 3.55. The van der Waals surface area contributed by atoms with Crippen LogP contribution in [0.5, 0.6) is 0 Å². The first-order valence-corrected chi connectivity index (χ1v) is 9.71. The third-order valence-electron chi connectivity index (χ3n) is 4.92. The lowest BCUT2D eigenvalue weighted by molar-refractivity contribution is -0.0212. The Hall–Kier alpha value is -3.10. The number of ether oxygens (including phenoxy) is 1. The smallest absolute Gasteiger partial charge is 0.253 e. The van der Waals surface area contributed by atoms with Crippen LogP contribution in [0.1, 0.15) is 28.4 Å². The number of amides is 1. The van der Waals surface area contributed by atoms with Crippen molar-refractivity contribution in [1.82, 2.24) is 30.4 Å². The van der Waals surface area contributed by atoms with Crippen molar-refractivity contribution in [3.63, 3.8) is 0 Å². The minimum atomic E-state index is -0.163. The molecule has 8 nitrogen and oxygen atoms in total. The highest BCUT2D eigenvalue weighted by molar-refractivity contribution is 5.97. The molecule has 8 heteroatoms. The predicted octanol–water partition coefficient (Wildman–Crippen LogP) is 1.81. The minimum Gasteiger partial charge on any atom is -0.376 e. The van der Waals surface area contributed by atoms with Crippen LogP contribution >= 0.6 is 0 Å². The molecular formula is C21H24N6O2. The largest absolute Gasteiger partial charge is 0.376 e. The number of hydrogen-bond acceptors (Lipinski definition) is 6.